The van der Waals surface area contributed by atoms with Gasteiger partial charge < -0.3 is 4.98 Å². The summed E-state index contributed by atoms with van der Waals surface area (Å²) in [7, 11) is 0. The summed E-state index contributed by atoms with van der Waals surface area (Å²) in [5.74, 6) is 0. The highest BCUT2D eigenvalue weighted by Crippen LogP contribution is 2.28. The van der Waals surface area contributed by atoms with Gasteiger partial charge in [-0.1, -0.05) is 43.0 Å². The Morgan fingerprint density at radius 3 is 2.54 bits per heavy atom. The van der Waals surface area contributed by atoms with Gasteiger partial charge in [0.15, 0.2) is 0 Å². The van der Waals surface area contributed by atoms with Crippen molar-refractivity contribution in [1.29, 1.82) is 0 Å². The van der Waals surface area contributed by atoms with E-state index in [1.165, 1.54) is 11.1 Å². The zero-order valence-electron chi connectivity index (χ0n) is 21.7. The molecular weight excluding hydrogens is 480 g/mol. The van der Waals surface area contributed by atoms with E-state index in [1.807, 2.05) is 48.9 Å². The minimum atomic E-state index is 0.786. The lowest BCUT2D eigenvalue weighted by molar-refractivity contribution is 0.948. The van der Waals surface area contributed by atoms with Gasteiger partial charge in [-0.25, -0.2) is 0 Å². The summed E-state index contributed by atoms with van der Waals surface area (Å²) < 4.78 is 0. The number of aromatic nitrogens is 6. The fourth-order valence-corrected chi connectivity index (χ4v) is 4.74. The van der Waals surface area contributed by atoms with Crippen LogP contribution in [0.4, 0.5) is 0 Å². The lowest BCUT2D eigenvalue weighted by Crippen LogP contribution is -2.21. The van der Waals surface area contributed by atoms with Crippen LogP contribution in [0, 0.1) is 0 Å². The van der Waals surface area contributed by atoms with E-state index in [2.05, 4.69) is 86.1 Å². The van der Waals surface area contributed by atoms with Crippen molar-refractivity contribution >= 4 is 29.1 Å². The first kappa shape index (κ1) is 24.2. The van der Waals surface area contributed by atoms with Crippen LogP contribution in [0.25, 0.3) is 51.8 Å². The van der Waals surface area contributed by atoms with Gasteiger partial charge in [-0.15, -0.1) is 0 Å². The van der Waals surface area contributed by atoms with Crippen LogP contribution < -0.4 is 10.6 Å². The van der Waals surface area contributed by atoms with Crippen molar-refractivity contribution in [2.75, 3.05) is 0 Å². The summed E-state index contributed by atoms with van der Waals surface area (Å²) in [4.78, 5) is 16.7. The molecule has 0 fully saturated rings. The molecule has 6 heteroatoms. The second kappa shape index (κ2) is 10.7. The molecule has 0 atom stereocenters. The Kier molecular flexibility index (Phi) is 6.66. The van der Waals surface area contributed by atoms with Crippen molar-refractivity contribution in [3.8, 4) is 22.6 Å². The first-order chi connectivity index (χ1) is 19.2. The lowest BCUT2D eigenvalue weighted by atomic mass is 10.0. The van der Waals surface area contributed by atoms with Crippen LogP contribution in [0.5, 0.6) is 0 Å². The topological polar surface area (TPSA) is 83.1 Å². The minimum absolute atomic E-state index is 0.786. The Morgan fingerprint density at radius 1 is 0.872 bits per heavy atom. The first-order valence-corrected chi connectivity index (χ1v) is 12.9. The molecule has 0 aliphatic heterocycles. The molecule has 6 nitrogen and oxygen atoms in total. The van der Waals surface area contributed by atoms with E-state index in [0.29, 0.717) is 0 Å². The molecule has 0 saturated carbocycles. The molecule has 6 aromatic rings. The first-order valence-electron chi connectivity index (χ1n) is 12.9. The van der Waals surface area contributed by atoms with E-state index in [0.717, 1.165) is 68.1 Å². The molecule has 0 unspecified atom stereocenters. The average Bonchev–Trinajstić information content (AvgIpc) is 3.59. The summed E-state index contributed by atoms with van der Waals surface area (Å²) >= 11 is 0. The van der Waals surface area contributed by atoms with Crippen LogP contribution in [-0.2, 0) is 12.8 Å². The number of hydrogen-bond acceptors (Lipinski definition) is 4. The number of allylic oxidation sites excluding steroid dienone is 2. The fourth-order valence-electron chi connectivity index (χ4n) is 4.74. The number of rotatable bonds is 7. The molecule has 0 amide bonds. The molecule has 0 aliphatic rings. The molecular formula is C33H28N6. The van der Waals surface area contributed by atoms with Crippen molar-refractivity contribution in [2.24, 2.45) is 0 Å². The summed E-state index contributed by atoms with van der Waals surface area (Å²) in [5, 5.41) is 10.5. The van der Waals surface area contributed by atoms with Gasteiger partial charge in [0.25, 0.3) is 0 Å². The van der Waals surface area contributed by atoms with E-state index in [-0.39, 0.29) is 0 Å². The Balaban J connectivity index is 1.26. The largest absolute Gasteiger partial charge is 0.353 e. The van der Waals surface area contributed by atoms with Crippen molar-refractivity contribution in [2.45, 2.75) is 19.8 Å². The summed E-state index contributed by atoms with van der Waals surface area (Å²) in [6.45, 7) is 6.41. The van der Waals surface area contributed by atoms with Crippen LogP contribution in [0.3, 0.4) is 0 Å². The second-order valence-corrected chi connectivity index (χ2v) is 9.59. The van der Waals surface area contributed by atoms with Gasteiger partial charge in [0.2, 0.25) is 0 Å². The van der Waals surface area contributed by atoms with Crippen molar-refractivity contribution in [1.82, 2.24) is 30.1 Å². The molecule has 5 aromatic heterocycles. The Labute approximate surface area is 226 Å². The third-order valence-corrected chi connectivity index (χ3v) is 6.95. The van der Waals surface area contributed by atoms with Crippen molar-refractivity contribution in [3.63, 3.8) is 0 Å². The molecule has 2 N–H and O–H groups in total. The molecule has 0 bridgehead atoms. The molecule has 0 saturated heterocycles. The summed E-state index contributed by atoms with van der Waals surface area (Å²) in [6, 6.07) is 20.8. The monoisotopic (exact) mass is 508 g/mol. The van der Waals surface area contributed by atoms with Gasteiger partial charge >= 0.3 is 0 Å². The predicted octanol–water partition coefficient (Wildman–Crippen LogP) is 5.49. The third kappa shape index (κ3) is 5.18. The molecule has 0 spiro atoms. The molecule has 0 radical (unpaired) electrons. The molecule has 190 valence electrons. The summed E-state index contributed by atoms with van der Waals surface area (Å²) in [6.07, 6.45) is 15.3. The normalized spacial score (nSPS) is 12.3. The zero-order valence-corrected chi connectivity index (χ0v) is 21.7. The van der Waals surface area contributed by atoms with Gasteiger partial charge in [-0.05, 0) is 78.4 Å². The van der Waals surface area contributed by atoms with Gasteiger partial charge in [-0.2, -0.15) is 5.10 Å². The van der Waals surface area contributed by atoms with E-state index >= 15 is 0 Å². The maximum atomic E-state index is 4.61. The standard InChI is InChI=1S/C33H28N6/c1-22(27-18-25(20-35-21-27)10-9-24-6-4-3-5-7-24)8-11-29-23(2)32(39-38-29)31-19-28-30(37-31)14-17-36-33(28)26-12-15-34-16-13-26/h3-8,11-21,37-38H,2,9-10H2,1H3/b22-8+,29-11+. The van der Waals surface area contributed by atoms with Gasteiger partial charge in [0, 0.05) is 52.7 Å². The number of aryl methyl sites for hydroxylation is 2. The van der Waals surface area contributed by atoms with Gasteiger partial charge in [0.05, 0.1) is 16.7 Å². The fraction of sp³-hybridized carbons (Fsp3) is 0.0909. The Morgan fingerprint density at radius 2 is 1.69 bits per heavy atom. The van der Waals surface area contributed by atoms with Gasteiger partial charge in [0.1, 0.15) is 5.69 Å². The number of H-pyrrole nitrogens is 2. The lowest BCUT2D eigenvalue weighted by Gasteiger charge is -2.05. The molecule has 39 heavy (non-hydrogen) atoms. The number of fused-ring (bicyclic) bond motifs is 1. The zero-order chi connectivity index (χ0) is 26.6. The Hall–Kier alpha value is -5.10. The minimum Gasteiger partial charge on any atom is -0.353 e. The van der Waals surface area contributed by atoms with Crippen LogP contribution in [-0.4, -0.2) is 30.1 Å². The quantitative estimate of drug-likeness (QED) is 0.299. The molecule has 1 aromatic carbocycles. The number of aromatic amines is 2. The number of hydrogen-bond donors (Lipinski definition) is 2. The smallest absolute Gasteiger partial charge is 0.116 e. The summed E-state index contributed by atoms with van der Waals surface area (Å²) in [5.41, 5.74) is 9.39. The number of benzene rings is 1. The maximum absolute atomic E-state index is 4.61. The molecule has 6 rings (SSSR count). The number of nitrogens with zero attached hydrogens (tertiary/aromatic N) is 4. The highest BCUT2D eigenvalue weighted by Gasteiger charge is 2.12. The van der Waals surface area contributed by atoms with E-state index in [4.69, 9.17) is 0 Å². The SMILES string of the molecule is C=c1c(-c2cc3c(-c4ccncc4)nccc3[nH]2)n[nH]/c1=C/C=C(\C)c1cncc(CCc2ccccc2)c1. The van der Waals surface area contributed by atoms with Gasteiger partial charge in [-0.3, -0.25) is 20.1 Å². The second-order valence-electron chi connectivity index (χ2n) is 9.59. The van der Waals surface area contributed by atoms with Crippen LogP contribution >= 0.6 is 0 Å². The highest BCUT2D eigenvalue weighted by molar-refractivity contribution is 5.95. The van der Waals surface area contributed by atoms with Crippen LogP contribution in [0.1, 0.15) is 23.6 Å². The molecule has 0 aliphatic carbocycles. The van der Waals surface area contributed by atoms with Crippen molar-refractivity contribution < 1.29 is 0 Å². The van der Waals surface area contributed by atoms with Crippen LogP contribution in [0.2, 0.25) is 0 Å². The van der Waals surface area contributed by atoms with E-state index in [9.17, 15) is 0 Å². The number of nitrogens with one attached hydrogen (secondary N) is 2. The van der Waals surface area contributed by atoms with Crippen LogP contribution in [0.15, 0.2) is 97.7 Å². The highest BCUT2D eigenvalue weighted by atomic mass is 15.1. The van der Waals surface area contributed by atoms with Crippen molar-refractivity contribution in [3.05, 3.63) is 125 Å². The Bertz CT molecular complexity index is 1880. The maximum Gasteiger partial charge on any atom is 0.116 e. The van der Waals surface area contributed by atoms with E-state index < -0.39 is 0 Å². The number of pyridine rings is 3. The molecule has 5 heterocycles. The predicted molar refractivity (Wildman–Crippen MR) is 158 cm³/mol. The average molecular weight is 509 g/mol. The third-order valence-electron chi connectivity index (χ3n) is 6.95. The van der Waals surface area contributed by atoms with E-state index in [1.54, 1.807) is 12.4 Å².